The molecule has 5 heteroatoms. The second kappa shape index (κ2) is 7.13. The maximum Gasteiger partial charge on any atom is 0.261 e. The third-order valence-corrected chi connectivity index (χ3v) is 4.23. The van der Waals surface area contributed by atoms with Gasteiger partial charge in [-0.2, -0.15) is 0 Å². The molecule has 0 aliphatic heterocycles. The molecule has 1 heterocycles. The van der Waals surface area contributed by atoms with Crippen molar-refractivity contribution in [1.29, 1.82) is 0 Å². The Kier molecular flexibility index (Phi) is 5.22. The van der Waals surface area contributed by atoms with Crippen molar-refractivity contribution in [2.45, 2.75) is 13.3 Å². The third-order valence-electron chi connectivity index (χ3n) is 3.22. The summed E-state index contributed by atoms with van der Waals surface area (Å²) in [6, 6.07) is 7.73. The molecule has 1 amide bonds. The van der Waals surface area contributed by atoms with Crippen LogP contribution in [0.15, 0.2) is 29.6 Å². The van der Waals surface area contributed by atoms with Gasteiger partial charge in [-0.05, 0) is 48.1 Å². The molecule has 1 aromatic carbocycles. The molecule has 0 radical (unpaired) electrons. The first-order chi connectivity index (χ1) is 10.2. The maximum absolute atomic E-state index is 12.0. The summed E-state index contributed by atoms with van der Waals surface area (Å²) >= 11 is 1.47. The summed E-state index contributed by atoms with van der Waals surface area (Å²) in [6.45, 7) is 2.53. The van der Waals surface area contributed by atoms with Crippen LogP contribution in [0.2, 0.25) is 0 Å². The zero-order valence-corrected chi connectivity index (χ0v) is 13.3. The van der Waals surface area contributed by atoms with Gasteiger partial charge in [-0.3, -0.25) is 4.79 Å². The number of hydrogen-bond donors (Lipinski definition) is 1. The van der Waals surface area contributed by atoms with Gasteiger partial charge >= 0.3 is 0 Å². The van der Waals surface area contributed by atoms with Gasteiger partial charge in [0, 0.05) is 6.54 Å². The molecule has 0 bridgehead atoms. The summed E-state index contributed by atoms with van der Waals surface area (Å²) in [5.74, 6) is 1.40. The first kappa shape index (κ1) is 15.4. The summed E-state index contributed by atoms with van der Waals surface area (Å²) in [6.07, 6.45) is 0.747. The van der Waals surface area contributed by atoms with E-state index in [9.17, 15) is 4.79 Å². The van der Waals surface area contributed by atoms with E-state index in [1.807, 2.05) is 36.6 Å². The second-order valence-corrected chi connectivity index (χ2v) is 5.54. The van der Waals surface area contributed by atoms with E-state index in [2.05, 4.69) is 5.32 Å². The Bertz CT molecular complexity index is 622. The van der Waals surface area contributed by atoms with Crippen molar-refractivity contribution in [3.63, 3.8) is 0 Å². The molecule has 0 aliphatic carbocycles. The summed E-state index contributed by atoms with van der Waals surface area (Å²) in [5, 5.41) is 4.87. The fourth-order valence-corrected chi connectivity index (χ4v) is 2.88. The number of aryl methyl sites for hydroxylation is 1. The highest BCUT2D eigenvalue weighted by molar-refractivity contribution is 7.12. The van der Waals surface area contributed by atoms with Crippen LogP contribution in [0.4, 0.5) is 0 Å². The van der Waals surface area contributed by atoms with Gasteiger partial charge in [0.1, 0.15) is 0 Å². The number of ether oxygens (including phenoxy) is 2. The lowest BCUT2D eigenvalue weighted by Gasteiger charge is -2.10. The molecular formula is C16H19NO3S. The zero-order chi connectivity index (χ0) is 15.2. The fraction of sp³-hybridized carbons (Fsp3) is 0.312. The van der Waals surface area contributed by atoms with Crippen molar-refractivity contribution in [2.75, 3.05) is 20.8 Å². The van der Waals surface area contributed by atoms with E-state index in [1.165, 1.54) is 11.3 Å². The highest BCUT2D eigenvalue weighted by Gasteiger charge is 2.10. The molecule has 0 atom stereocenters. The van der Waals surface area contributed by atoms with Crippen molar-refractivity contribution in [3.05, 3.63) is 45.6 Å². The van der Waals surface area contributed by atoms with E-state index in [4.69, 9.17) is 9.47 Å². The molecule has 112 valence electrons. The molecule has 2 aromatic rings. The largest absolute Gasteiger partial charge is 0.493 e. The highest BCUT2D eigenvalue weighted by Crippen LogP contribution is 2.27. The Morgan fingerprint density at radius 2 is 1.95 bits per heavy atom. The van der Waals surface area contributed by atoms with Crippen LogP contribution in [-0.4, -0.2) is 26.7 Å². The molecule has 2 rings (SSSR count). The predicted molar refractivity (Wildman–Crippen MR) is 84.6 cm³/mol. The average molecular weight is 305 g/mol. The van der Waals surface area contributed by atoms with E-state index in [1.54, 1.807) is 14.2 Å². The number of amides is 1. The van der Waals surface area contributed by atoms with E-state index in [0.29, 0.717) is 18.0 Å². The highest BCUT2D eigenvalue weighted by atomic mass is 32.1. The minimum atomic E-state index is -0.0111. The average Bonchev–Trinajstić information content (AvgIpc) is 2.93. The summed E-state index contributed by atoms with van der Waals surface area (Å²) in [7, 11) is 3.23. The smallest absolute Gasteiger partial charge is 0.261 e. The number of thiophene rings is 1. The summed E-state index contributed by atoms with van der Waals surface area (Å²) in [5.41, 5.74) is 2.11. The molecule has 0 unspecified atom stereocenters. The lowest BCUT2D eigenvalue weighted by atomic mass is 10.1. The molecule has 0 saturated carbocycles. The number of nitrogens with one attached hydrogen (secondary N) is 1. The second-order valence-electron chi connectivity index (χ2n) is 4.63. The minimum Gasteiger partial charge on any atom is -0.493 e. The number of benzene rings is 1. The van der Waals surface area contributed by atoms with Crippen molar-refractivity contribution in [1.82, 2.24) is 5.32 Å². The quantitative estimate of drug-likeness (QED) is 0.892. The van der Waals surface area contributed by atoms with Crippen LogP contribution < -0.4 is 14.8 Å². The van der Waals surface area contributed by atoms with Gasteiger partial charge in [-0.15, -0.1) is 11.3 Å². The Balaban J connectivity index is 1.92. The van der Waals surface area contributed by atoms with Crippen molar-refractivity contribution in [3.8, 4) is 11.5 Å². The maximum atomic E-state index is 12.0. The van der Waals surface area contributed by atoms with Gasteiger partial charge in [0.2, 0.25) is 0 Å². The van der Waals surface area contributed by atoms with Gasteiger partial charge < -0.3 is 14.8 Å². The van der Waals surface area contributed by atoms with Crippen LogP contribution in [-0.2, 0) is 6.42 Å². The lowest BCUT2D eigenvalue weighted by Crippen LogP contribution is -2.25. The van der Waals surface area contributed by atoms with Gasteiger partial charge in [0.05, 0.1) is 19.1 Å². The topological polar surface area (TPSA) is 47.6 Å². The SMILES string of the molecule is COc1ccc(CCNC(=O)c2sccc2C)cc1OC. The fourth-order valence-electron chi connectivity index (χ4n) is 2.04. The van der Waals surface area contributed by atoms with Crippen LogP contribution in [0, 0.1) is 6.92 Å². The number of hydrogen-bond acceptors (Lipinski definition) is 4. The first-order valence-electron chi connectivity index (χ1n) is 6.69. The first-order valence-corrected chi connectivity index (χ1v) is 7.57. The number of rotatable bonds is 6. The molecule has 21 heavy (non-hydrogen) atoms. The Hall–Kier alpha value is -2.01. The predicted octanol–water partition coefficient (Wildman–Crippen LogP) is 3.05. The molecule has 0 saturated heterocycles. The van der Waals surface area contributed by atoms with Crippen molar-refractivity contribution < 1.29 is 14.3 Å². The van der Waals surface area contributed by atoms with E-state index in [0.717, 1.165) is 22.4 Å². The summed E-state index contributed by atoms with van der Waals surface area (Å²) < 4.78 is 10.5. The van der Waals surface area contributed by atoms with Crippen molar-refractivity contribution in [2.24, 2.45) is 0 Å². The standard InChI is InChI=1S/C16H19NO3S/c1-11-7-9-21-15(11)16(18)17-8-6-12-4-5-13(19-2)14(10-12)20-3/h4-5,7,9-10H,6,8H2,1-3H3,(H,17,18). The number of carbonyl (C=O) groups excluding carboxylic acids is 1. The van der Waals surface area contributed by atoms with Crippen LogP contribution in [0.1, 0.15) is 20.8 Å². The van der Waals surface area contributed by atoms with Gasteiger partial charge in [0.15, 0.2) is 11.5 Å². The van der Waals surface area contributed by atoms with Crippen LogP contribution >= 0.6 is 11.3 Å². The molecule has 0 spiro atoms. The van der Waals surface area contributed by atoms with Crippen LogP contribution in [0.5, 0.6) is 11.5 Å². The molecule has 0 aliphatic rings. The molecule has 4 nitrogen and oxygen atoms in total. The number of carbonyl (C=O) groups is 1. The van der Waals surface area contributed by atoms with Gasteiger partial charge in [0.25, 0.3) is 5.91 Å². The normalized spacial score (nSPS) is 10.2. The van der Waals surface area contributed by atoms with Crippen LogP contribution in [0.25, 0.3) is 0 Å². The minimum absolute atomic E-state index is 0.0111. The third kappa shape index (κ3) is 3.76. The molecule has 1 N–H and O–H groups in total. The van der Waals surface area contributed by atoms with Crippen LogP contribution in [0.3, 0.4) is 0 Å². The zero-order valence-electron chi connectivity index (χ0n) is 12.4. The van der Waals surface area contributed by atoms with E-state index >= 15 is 0 Å². The Morgan fingerprint density at radius 1 is 1.19 bits per heavy atom. The van der Waals surface area contributed by atoms with E-state index < -0.39 is 0 Å². The monoisotopic (exact) mass is 305 g/mol. The van der Waals surface area contributed by atoms with E-state index in [-0.39, 0.29) is 5.91 Å². The van der Waals surface area contributed by atoms with Gasteiger partial charge in [-0.25, -0.2) is 0 Å². The molecule has 0 fully saturated rings. The Labute approximate surface area is 128 Å². The summed E-state index contributed by atoms with van der Waals surface area (Å²) in [4.78, 5) is 12.8. The lowest BCUT2D eigenvalue weighted by molar-refractivity contribution is 0.0957. The number of methoxy groups -OCH3 is 2. The molecule has 1 aromatic heterocycles. The molecular weight excluding hydrogens is 286 g/mol. The van der Waals surface area contributed by atoms with Gasteiger partial charge in [-0.1, -0.05) is 6.07 Å². The Morgan fingerprint density at radius 3 is 2.57 bits per heavy atom. The van der Waals surface area contributed by atoms with Crippen molar-refractivity contribution >= 4 is 17.2 Å².